The first-order chi connectivity index (χ1) is 13.0. The van der Waals surface area contributed by atoms with Crippen LogP contribution >= 0.6 is 23.2 Å². The summed E-state index contributed by atoms with van der Waals surface area (Å²) in [4.78, 5) is 22.1. The van der Waals surface area contributed by atoms with E-state index < -0.39 is 24.1 Å². The van der Waals surface area contributed by atoms with Crippen molar-refractivity contribution >= 4 is 35.1 Å². The molecule has 28 heavy (non-hydrogen) atoms. The van der Waals surface area contributed by atoms with E-state index in [9.17, 15) is 9.59 Å². The second-order valence-electron chi connectivity index (χ2n) is 6.76. The topological polar surface area (TPSA) is 130 Å². The second-order valence-corrected chi connectivity index (χ2v) is 7.63. The maximum Gasteiger partial charge on any atom is 0.335 e. The van der Waals surface area contributed by atoms with Gasteiger partial charge in [-0.2, -0.15) is 0 Å². The van der Waals surface area contributed by atoms with E-state index in [2.05, 4.69) is 24.1 Å². The van der Waals surface area contributed by atoms with Crippen molar-refractivity contribution in [2.75, 3.05) is 13.1 Å². The summed E-state index contributed by atoms with van der Waals surface area (Å²) < 4.78 is 0. The van der Waals surface area contributed by atoms with Gasteiger partial charge < -0.3 is 25.7 Å². The van der Waals surface area contributed by atoms with Crippen LogP contribution in [0.4, 0.5) is 0 Å². The van der Waals surface area contributed by atoms with E-state index >= 15 is 0 Å². The zero-order chi connectivity index (χ0) is 21.4. The Morgan fingerprint density at radius 3 is 1.96 bits per heavy atom. The SMILES string of the molecule is CC(C)N(Cc1cc(Cl)cc(Cl)c1)[C@H]1CCNC1.O=C(O)C(O)C(O)C(=O)O. The fourth-order valence-electron chi connectivity index (χ4n) is 2.84. The minimum absolute atomic E-state index is 0.521. The third-order valence-electron chi connectivity index (χ3n) is 4.26. The van der Waals surface area contributed by atoms with Gasteiger partial charge in [-0.3, -0.25) is 4.90 Å². The highest BCUT2D eigenvalue weighted by molar-refractivity contribution is 6.34. The lowest BCUT2D eigenvalue weighted by Crippen LogP contribution is -2.41. The van der Waals surface area contributed by atoms with Gasteiger partial charge in [0.2, 0.25) is 0 Å². The van der Waals surface area contributed by atoms with E-state index in [-0.39, 0.29) is 0 Å². The first kappa shape index (κ1) is 24.6. The summed E-state index contributed by atoms with van der Waals surface area (Å²) in [6, 6.07) is 6.93. The molecule has 0 radical (unpaired) electrons. The third-order valence-corrected chi connectivity index (χ3v) is 4.70. The quantitative estimate of drug-likeness (QED) is 0.433. The van der Waals surface area contributed by atoms with Gasteiger partial charge in [0.15, 0.2) is 12.2 Å². The minimum Gasteiger partial charge on any atom is -0.479 e. The monoisotopic (exact) mass is 436 g/mol. The number of nitrogens with zero attached hydrogens (tertiary/aromatic N) is 1. The number of carbonyl (C=O) groups is 2. The number of nitrogens with one attached hydrogen (secondary N) is 1. The number of hydrogen-bond acceptors (Lipinski definition) is 6. The van der Waals surface area contributed by atoms with Crippen molar-refractivity contribution < 1.29 is 30.0 Å². The van der Waals surface area contributed by atoms with E-state index in [4.69, 9.17) is 43.6 Å². The highest BCUT2D eigenvalue weighted by Crippen LogP contribution is 2.22. The van der Waals surface area contributed by atoms with Crippen LogP contribution in [0.1, 0.15) is 25.8 Å². The highest BCUT2D eigenvalue weighted by Gasteiger charge is 2.29. The Balaban J connectivity index is 0.000000336. The van der Waals surface area contributed by atoms with Crippen molar-refractivity contribution in [3.8, 4) is 0 Å². The van der Waals surface area contributed by atoms with Crippen LogP contribution in [0.3, 0.4) is 0 Å². The number of hydrogen-bond donors (Lipinski definition) is 5. The zero-order valence-corrected chi connectivity index (χ0v) is 17.2. The Morgan fingerprint density at radius 2 is 1.61 bits per heavy atom. The van der Waals surface area contributed by atoms with Crippen LogP contribution in [0.25, 0.3) is 0 Å². The summed E-state index contributed by atoms with van der Waals surface area (Å²) >= 11 is 12.1. The molecule has 1 aromatic carbocycles. The molecule has 0 saturated carbocycles. The molecule has 10 heteroatoms. The average Bonchev–Trinajstić information content (AvgIpc) is 3.11. The summed E-state index contributed by atoms with van der Waals surface area (Å²) in [6.07, 6.45) is -3.32. The predicted molar refractivity (Wildman–Crippen MR) is 106 cm³/mol. The standard InChI is InChI=1S/C14H20Cl2N2.C4H6O6/c1-10(2)18(14-3-4-17-8-14)9-11-5-12(15)7-13(16)6-11;5-1(3(7)8)2(6)4(9)10/h5-7,10,14,17H,3-4,8-9H2,1-2H3;1-2,5-6H,(H,7,8)(H,9,10)/t14-;/m0./s1. The lowest BCUT2D eigenvalue weighted by atomic mass is 10.1. The second kappa shape index (κ2) is 11.5. The molecule has 0 bridgehead atoms. The zero-order valence-electron chi connectivity index (χ0n) is 15.7. The molecule has 2 unspecified atom stereocenters. The van der Waals surface area contributed by atoms with Crippen molar-refractivity contribution in [1.82, 2.24) is 10.2 Å². The number of rotatable bonds is 7. The molecule has 1 fully saturated rings. The molecule has 3 atom stereocenters. The van der Waals surface area contributed by atoms with Crippen molar-refractivity contribution in [2.45, 2.75) is 51.1 Å². The fraction of sp³-hybridized carbons (Fsp3) is 0.556. The lowest BCUT2D eigenvalue weighted by Gasteiger charge is -2.32. The van der Waals surface area contributed by atoms with Gasteiger partial charge in [-0.05, 0) is 50.6 Å². The van der Waals surface area contributed by atoms with Gasteiger partial charge in [0.25, 0.3) is 0 Å². The normalized spacial score (nSPS) is 18.5. The predicted octanol–water partition coefficient (Wildman–Crippen LogP) is 1.44. The highest BCUT2D eigenvalue weighted by atomic mass is 35.5. The molecule has 1 aromatic rings. The molecule has 158 valence electrons. The minimum atomic E-state index is -2.27. The molecule has 8 nitrogen and oxygen atoms in total. The van der Waals surface area contributed by atoms with E-state index in [1.165, 1.54) is 12.0 Å². The van der Waals surface area contributed by atoms with Crippen molar-refractivity contribution in [2.24, 2.45) is 0 Å². The van der Waals surface area contributed by atoms with E-state index in [1.807, 2.05) is 12.1 Å². The van der Waals surface area contributed by atoms with Gasteiger partial charge >= 0.3 is 11.9 Å². The van der Waals surface area contributed by atoms with Crippen LogP contribution in [-0.4, -0.2) is 74.6 Å². The Bertz CT molecular complexity index is 629. The molecule has 0 aromatic heterocycles. The first-order valence-corrected chi connectivity index (χ1v) is 9.51. The average molecular weight is 437 g/mol. The maximum atomic E-state index is 9.77. The van der Waals surface area contributed by atoms with Crippen LogP contribution in [0, 0.1) is 0 Å². The number of aliphatic hydroxyl groups is 2. The Morgan fingerprint density at radius 1 is 1.11 bits per heavy atom. The Labute approximate surface area is 173 Å². The van der Waals surface area contributed by atoms with E-state index in [0.717, 1.165) is 19.6 Å². The van der Waals surface area contributed by atoms with Gasteiger partial charge in [-0.25, -0.2) is 9.59 Å². The van der Waals surface area contributed by atoms with Gasteiger partial charge in [0.1, 0.15) is 0 Å². The molecule has 5 N–H and O–H groups in total. The Hall–Kier alpha value is -1.42. The van der Waals surface area contributed by atoms with Gasteiger partial charge in [-0.15, -0.1) is 0 Å². The summed E-state index contributed by atoms with van der Waals surface area (Å²) in [6.45, 7) is 7.58. The maximum absolute atomic E-state index is 9.77. The largest absolute Gasteiger partial charge is 0.479 e. The summed E-state index contributed by atoms with van der Waals surface area (Å²) in [5, 5.41) is 37.4. The smallest absolute Gasteiger partial charge is 0.335 e. The number of carboxylic acid groups (broad SMARTS) is 2. The van der Waals surface area contributed by atoms with Gasteiger partial charge in [-0.1, -0.05) is 23.2 Å². The van der Waals surface area contributed by atoms with Gasteiger partial charge in [0.05, 0.1) is 0 Å². The van der Waals surface area contributed by atoms with E-state index in [0.29, 0.717) is 22.1 Å². The molecule has 0 spiro atoms. The number of benzene rings is 1. The van der Waals surface area contributed by atoms with Crippen LogP contribution in [-0.2, 0) is 16.1 Å². The molecule has 1 aliphatic heterocycles. The molecule has 1 saturated heterocycles. The summed E-state index contributed by atoms with van der Waals surface area (Å²) in [5.41, 5.74) is 1.19. The first-order valence-electron chi connectivity index (χ1n) is 8.76. The molecule has 0 amide bonds. The van der Waals surface area contributed by atoms with Crippen LogP contribution in [0.15, 0.2) is 18.2 Å². The molecule has 0 aliphatic carbocycles. The van der Waals surface area contributed by atoms with Gasteiger partial charge in [0, 0.05) is 35.2 Å². The lowest BCUT2D eigenvalue weighted by molar-refractivity contribution is -0.165. The van der Waals surface area contributed by atoms with Crippen molar-refractivity contribution in [3.05, 3.63) is 33.8 Å². The fourth-order valence-corrected chi connectivity index (χ4v) is 3.41. The van der Waals surface area contributed by atoms with Crippen LogP contribution < -0.4 is 5.32 Å². The third kappa shape index (κ3) is 7.90. The van der Waals surface area contributed by atoms with Crippen LogP contribution in [0.5, 0.6) is 0 Å². The molecule has 1 heterocycles. The number of carboxylic acids is 2. The summed E-state index contributed by atoms with van der Waals surface area (Å²) in [7, 11) is 0. The number of halogens is 2. The number of aliphatic hydroxyl groups excluding tert-OH is 2. The number of aliphatic carboxylic acids is 2. The molecule has 1 aliphatic rings. The molecular formula is C18H26Cl2N2O6. The van der Waals surface area contributed by atoms with Crippen molar-refractivity contribution in [3.63, 3.8) is 0 Å². The Kier molecular flexibility index (Phi) is 10.2. The summed E-state index contributed by atoms with van der Waals surface area (Å²) in [5.74, 6) is -3.54. The van der Waals surface area contributed by atoms with Crippen molar-refractivity contribution in [1.29, 1.82) is 0 Å². The van der Waals surface area contributed by atoms with E-state index in [1.54, 1.807) is 6.07 Å². The molecule has 2 rings (SSSR count). The molecular weight excluding hydrogens is 411 g/mol. The van der Waals surface area contributed by atoms with Crippen LogP contribution in [0.2, 0.25) is 10.0 Å².